The first-order chi connectivity index (χ1) is 11.3. The van der Waals surface area contributed by atoms with Gasteiger partial charge in [0.1, 0.15) is 0 Å². The highest BCUT2D eigenvalue weighted by molar-refractivity contribution is 8.77. The molecule has 1 atom stereocenters. The van der Waals surface area contributed by atoms with Crippen LogP contribution in [-0.4, -0.2) is 66.3 Å². The molecule has 0 radical (unpaired) electrons. The van der Waals surface area contributed by atoms with Gasteiger partial charge in [0.2, 0.25) is 0 Å². The molecule has 2 aliphatic heterocycles. The second kappa shape index (κ2) is 14.9. The minimum atomic E-state index is 0. The lowest BCUT2D eigenvalue weighted by Crippen LogP contribution is -2.37. The number of carbonyl (C=O) groups excluding carboxylic acids is 1. The van der Waals surface area contributed by atoms with Crippen molar-refractivity contribution in [1.29, 1.82) is 0 Å². The Morgan fingerprint density at radius 1 is 1.21 bits per heavy atom. The van der Waals surface area contributed by atoms with Crippen molar-refractivity contribution in [3.05, 3.63) is 0 Å². The second-order valence-corrected chi connectivity index (χ2v) is 9.90. The largest absolute Gasteiger partial charge is 0.379 e. The summed E-state index contributed by atoms with van der Waals surface area (Å²) < 4.78 is 5.33. The lowest BCUT2D eigenvalue weighted by molar-refractivity contribution is 0.0375. The molecule has 2 rings (SSSR count). The Balaban J connectivity index is 0.00000288. The molecule has 0 bridgehead atoms. The van der Waals surface area contributed by atoms with Gasteiger partial charge in [0.25, 0.3) is 5.24 Å². The lowest BCUT2D eigenvalue weighted by Gasteiger charge is -2.26. The number of unbranched alkanes of at least 4 members (excludes halogenated alkanes) is 2. The van der Waals surface area contributed by atoms with Crippen LogP contribution in [0.3, 0.4) is 0 Å². The Kier molecular flexibility index (Phi) is 14.1. The number of carbonyl (C=O) groups is 1. The third-order valence-electron chi connectivity index (χ3n) is 4.16. The molecule has 24 heavy (non-hydrogen) atoms. The van der Waals surface area contributed by atoms with Gasteiger partial charge in [0, 0.05) is 36.4 Å². The van der Waals surface area contributed by atoms with Crippen molar-refractivity contribution in [3.8, 4) is 0 Å². The molecule has 2 fully saturated rings. The van der Waals surface area contributed by atoms with Gasteiger partial charge in [-0.2, -0.15) is 0 Å². The zero-order chi connectivity index (χ0) is 16.2. The van der Waals surface area contributed by atoms with Gasteiger partial charge in [-0.05, 0) is 32.2 Å². The first kappa shape index (κ1) is 22.8. The number of rotatable bonds is 10. The van der Waals surface area contributed by atoms with Crippen LogP contribution < -0.4 is 5.32 Å². The normalized spacial score (nSPS) is 21.4. The highest BCUT2D eigenvalue weighted by atomic mass is 35.5. The molecule has 0 aromatic rings. The van der Waals surface area contributed by atoms with Crippen LogP contribution in [0, 0.1) is 0 Å². The van der Waals surface area contributed by atoms with E-state index in [0.717, 1.165) is 63.2 Å². The molecule has 0 aromatic carbocycles. The Labute approximate surface area is 165 Å². The summed E-state index contributed by atoms with van der Waals surface area (Å²) in [7, 11) is 4.09. The van der Waals surface area contributed by atoms with Crippen molar-refractivity contribution in [2.75, 3.05) is 50.9 Å². The molecular formula is C16H31ClN2O2S3. The van der Waals surface area contributed by atoms with Crippen LogP contribution in [-0.2, 0) is 4.74 Å². The Morgan fingerprint density at radius 3 is 2.79 bits per heavy atom. The maximum absolute atomic E-state index is 11.7. The van der Waals surface area contributed by atoms with Crippen LogP contribution >= 0.6 is 45.8 Å². The molecule has 142 valence electrons. The van der Waals surface area contributed by atoms with Gasteiger partial charge in [0.15, 0.2) is 0 Å². The number of amides is 1. The van der Waals surface area contributed by atoms with E-state index in [4.69, 9.17) is 4.74 Å². The van der Waals surface area contributed by atoms with Gasteiger partial charge in [0.05, 0.1) is 13.2 Å². The summed E-state index contributed by atoms with van der Waals surface area (Å²) in [6, 6.07) is 0. The number of ether oxygens (including phenoxy) is 1. The van der Waals surface area contributed by atoms with Gasteiger partial charge >= 0.3 is 0 Å². The molecule has 0 spiro atoms. The third kappa shape index (κ3) is 10.7. The fourth-order valence-corrected chi connectivity index (χ4v) is 6.51. The standard InChI is InChI=1S/C16H30N2O2S3.ClH/c19-16(17-7-4-8-18-9-11-20-12-10-18)21-13-3-1-2-5-15-6-14-22-23-15;/h15H,1-14H2,(H,17,19);1H. The highest BCUT2D eigenvalue weighted by Gasteiger charge is 2.15. The second-order valence-electron chi connectivity index (χ2n) is 6.05. The Bertz CT molecular complexity index is 328. The average Bonchev–Trinajstić information content (AvgIpc) is 3.09. The number of halogens is 1. The molecule has 0 aromatic heterocycles. The van der Waals surface area contributed by atoms with E-state index in [1.807, 2.05) is 10.8 Å². The highest BCUT2D eigenvalue weighted by Crippen LogP contribution is 2.39. The first-order valence-corrected chi connectivity index (χ1v) is 12.2. The SMILES string of the molecule is Cl.O=C(NCCCN1CCOCC1)SCCCCCC1CCSS1. The van der Waals surface area contributed by atoms with E-state index < -0.39 is 0 Å². The van der Waals surface area contributed by atoms with E-state index >= 15 is 0 Å². The number of nitrogens with zero attached hydrogens (tertiary/aromatic N) is 1. The monoisotopic (exact) mass is 414 g/mol. The van der Waals surface area contributed by atoms with E-state index in [0.29, 0.717) is 0 Å². The van der Waals surface area contributed by atoms with Crippen molar-refractivity contribution in [2.24, 2.45) is 0 Å². The first-order valence-electron chi connectivity index (χ1n) is 8.83. The molecule has 2 heterocycles. The number of hydrogen-bond donors (Lipinski definition) is 1. The molecule has 0 aliphatic carbocycles. The van der Waals surface area contributed by atoms with Crippen LogP contribution in [0.25, 0.3) is 0 Å². The van der Waals surface area contributed by atoms with Crippen LogP contribution in [0.2, 0.25) is 0 Å². The zero-order valence-corrected chi connectivity index (χ0v) is 17.6. The summed E-state index contributed by atoms with van der Waals surface area (Å²) in [4.78, 5) is 14.2. The van der Waals surface area contributed by atoms with E-state index in [-0.39, 0.29) is 17.6 Å². The van der Waals surface area contributed by atoms with Gasteiger partial charge in [-0.1, -0.05) is 46.2 Å². The van der Waals surface area contributed by atoms with E-state index in [1.165, 1.54) is 43.2 Å². The maximum Gasteiger partial charge on any atom is 0.279 e. The molecule has 1 amide bonds. The number of morpholine rings is 1. The summed E-state index contributed by atoms with van der Waals surface area (Å²) in [5.41, 5.74) is 0. The zero-order valence-electron chi connectivity index (χ0n) is 14.4. The van der Waals surface area contributed by atoms with Crippen molar-refractivity contribution in [1.82, 2.24) is 10.2 Å². The van der Waals surface area contributed by atoms with Gasteiger partial charge in [-0.15, -0.1) is 12.4 Å². The van der Waals surface area contributed by atoms with Crippen LogP contribution in [0.15, 0.2) is 0 Å². The molecule has 1 N–H and O–H groups in total. The minimum Gasteiger partial charge on any atom is -0.379 e. The summed E-state index contributed by atoms with van der Waals surface area (Å²) in [5.74, 6) is 2.29. The molecule has 0 saturated carbocycles. The van der Waals surface area contributed by atoms with E-state index in [2.05, 4.69) is 21.0 Å². The Hall–Kier alpha value is 0.730. The fraction of sp³-hybridized carbons (Fsp3) is 0.938. The minimum absolute atomic E-state index is 0. The predicted molar refractivity (Wildman–Crippen MR) is 112 cm³/mol. The molecule has 2 aliphatic rings. The van der Waals surface area contributed by atoms with E-state index in [9.17, 15) is 4.79 Å². The van der Waals surface area contributed by atoms with Crippen molar-refractivity contribution >= 4 is 51.0 Å². The summed E-state index contributed by atoms with van der Waals surface area (Å²) in [6.45, 7) is 5.61. The average molecular weight is 415 g/mol. The molecule has 1 unspecified atom stereocenters. The smallest absolute Gasteiger partial charge is 0.279 e. The fourth-order valence-electron chi connectivity index (χ4n) is 2.75. The third-order valence-corrected chi connectivity index (χ3v) is 8.06. The molecule has 2 saturated heterocycles. The number of nitrogens with one attached hydrogen (secondary N) is 1. The quantitative estimate of drug-likeness (QED) is 0.425. The number of hydrogen-bond acceptors (Lipinski definition) is 6. The number of thioether (sulfide) groups is 1. The lowest BCUT2D eigenvalue weighted by atomic mass is 10.1. The van der Waals surface area contributed by atoms with Gasteiger partial charge in [-0.3, -0.25) is 9.69 Å². The van der Waals surface area contributed by atoms with E-state index in [1.54, 1.807) is 0 Å². The molecular weight excluding hydrogens is 384 g/mol. The van der Waals surface area contributed by atoms with Crippen molar-refractivity contribution in [3.63, 3.8) is 0 Å². The van der Waals surface area contributed by atoms with Crippen molar-refractivity contribution < 1.29 is 9.53 Å². The van der Waals surface area contributed by atoms with Gasteiger partial charge < -0.3 is 10.1 Å². The Morgan fingerprint density at radius 2 is 2.04 bits per heavy atom. The van der Waals surface area contributed by atoms with Crippen LogP contribution in [0.4, 0.5) is 4.79 Å². The topological polar surface area (TPSA) is 41.6 Å². The summed E-state index contributed by atoms with van der Waals surface area (Å²) in [5, 5.41) is 4.06. The molecule has 8 heteroatoms. The predicted octanol–water partition coefficient (Wildman–Crippen LogP) is 4.29. The summed E-state index contributed by atoms with van der Waals surface area (Å²) in [6.07, 6.45) is 7.52. The molecule has 4 nitrogen and oxygen atoms in total. The maximum atomic E-state index is 11.7. The van der Waals surface area contributed by atoms with Gasteiger partial charge in [-0.25, -0.2) is 0 Å². The van der Waals surface area contributed by atoms with Crippen molar-refractivity contribution in [2.45, 2.75) is 43.8 Å². The van der Waals surface area contributed by atoms with Crippen LogP contribution in [0.1, 0.15) is 38.5 Å². The van der Waals surface area contributed by atoms with Crippen LogP contribution in [0.5, 0.6) is 0 Å². The summed E-state index contributed by atoms with van der Waals surface area (Å²) >= 11 is 1.45.